The SMILES string of the molecule is CC.Cc1nn(C(CO)CO)c(C)c1-c1ccnc(/C(=C\N)C(=O)Nc2cc(/C(N=NC3CC3)=N/N)ccc2Cl)c1. The first kappa shape index (κ1) is 31.4. The minimum Gasteiger partial charge on any atom is -0.404 e. The Balaban J connectivity index is 0.00000226. The van der Waals surface area contributed by atoms with Gasteiger partial charge >= 0.3 is 0 Å². The highest BCUT2D eigenvalue weighted by Crippen LogP contribution is 2.31. The molecule has 0 saturated heterocycles. The quantitative estimate of drug-likeness (QED) is 0.0631. The van der Waals surface area contributed by atoms with Crippen molar-refractivity contribution in [2.45, 2.75) is 52.6 Å². The third kappa shape index (κ3) is 7.34. The molecular weight excluding hydrogens is 546 g/mol. The summed E-state index contributed by atoms with van der Waals surface area (Å²) in [4.78, 5) is 17.6. The predicted octanol–water partition coefficient (Wildman–Crippen LogP) is 3.94. The van der Waals surface area contributed by atoms with E-state index in [0.29, 0.717) is 27.7 Å². The standard InChI is InChI=1S/C26H30ClN9O3.C2H6/c1-14-24(15(2)36(35-14)19(12-37)13-38)16-7-8-30-22(9-16)20(11-28)26(39)31-23-10-17(3-6-21(23)27)25(32-29)34-33-18-4-5-18;1-2/h3,6-11,18-19,37-38H,4-5,12-13,28-29H2,1-2H3,(H,31,39);1-2H3/b20-11+,32-25-,34-33?;. The Morgan fingerprint density at radius 1 is 1.22 bits per heavy atom. The first-order valence-electron chi connectivity index (χ1n) is 13.3. The number of carbonyl (C=O) groups is 1. The van der Waals surface area contributed by atoms with Gasteiger partial charge in [-0.05, 0) is 62.6 Å². The van der Waals surface area contributed by atoms with Crippen LogP contribution in [0.1, 0.15) is 55.4 Å². The van der Waals surface area contributed by atoms with E-state index in [4.69, 9.17) is 23.2 Å². The van der Waals surface area contributed by atoms with E-state index in [2.05, 4.69) is 30.7 Å². The van der Waals surface area contributed by atoms with E-state index < -0.39 is 11.9 Å². The van der Waals surface area contributed by atoms with E-state index in [9.17, 15) is 15.0 Å². The van der Waals surface area contributed by atoms with Gasteiger partial charge in [0, 0.05) is 29.2 Å². The topological polar surface area (TPSA) is 189 Å². The molecule has 1 aliphatic rings. The lowest BCUT2D eigenvalue weighted by atomic mass is 10.0. The van der Waals surface area contributed by atoms with E-state index in [1.165, 1.54) is 6.20 Å². The first-order chi connectivity index (χ1) is 19.8. The number of hydrazone groups is 1. The molecule has 1 aromatic carbocycles. The lowest BCUT2D eigenvalue weighted by Gasteiger charge is -2.14. The predicted molar refractivity (Wildman–Crippen MR) is 160 cm³/mol. The number of nitrogens with zero attached hydrogens (tertiary/aromatic N) is 6. The van der Waals surface area contributed by atoms with Crippen molar-refractivity contribution in [1.29, 1.82) is 0 Å². The molecule has 41 heavy (non-hydrogen) atoms. The number of carbonyl (C=O) groups excluding carboxylic acids is 1. The van der Waals surface area contributed by atoms with Gasteiger partial charge in [-0.25, -0.2) is 0 Å². The molecule has 0 aliphatic heterocycles. The zero-order chi connectivity index (χ0) is 30.1. The highest BCUT2D eigenvalue weighted by Gasteiger charge is 2.22. The van der Waals surface area contributed by atoms with Gasteiger partial charge in [0.05, 0.1) is 53.0 Å². The van der Waals surface area contributed by atoms with Gasteiger partial charge in [-0.1, -0.05) is 25.4 Å². The number of nitrogens with two attached hydrogens (primary N) is 2. The second-order valence-electron chi connectivity index (χ2n) is 9.07. The lowest BCUT2D eigenvalue weighted by Crippen LogP contribution is -2.19. The number of benzene rings is 1. The number of amidine groups is 1. The number of aromatic nitrogens is 3. The summed E-state index contributed by atoms with van der Waals surface area (Å²) >= 11 is 6.36. The number of hydrogen-bond donors (Lipinski definition) is 5. The normalized spacial score (nSPS) is 13.9. The second-order valence-corrected chi connectivity index (χ2v) is 9.47. The molecule has 1 fully saturated rings. The summed E-state index contributed by atoms with van der Waals surface area (Å²) in [6.45, 7) is 7.16. The summed E-state index contributed by atoms with van der Waals surface area (Å²) < 4.78 is 1.59. The lowest BCUT2D eigenvalue weighted by molar-refractivity contribution is -0.111. The van der Waals surface area contributed by atoms with E-state index in [0.717, 1.165) is 29.7 Å². The summed E-state index contributed by atoms with van der Waals surface area (Å²) in [5, 5.41) is 38.8. The maximum atomic E-state index is 13.3. The fraction of sp³-hybridized carbons (Fsp3) is 0.357. The maximum Gasteiger partial charge on any atom is 0.259 e. The minimum absolute atomic E-state index is 0.116. The molecule has 1 aliphatic carbocycles. The average molecular weight is 582 g/mol. The van der Waals surface area contributed by atoms with Crippen LogP contribution in [-0.2, 0) is 4.79 Å². The van der Waals surface area contributed by atoms with E-state index in [1.807, 2.05) is 27.7 Å². The summed E-state index contributed by atoms with van der Waals surface area (Å²) in [6, 6.07) is 8.03. The highest BCUT2D eigenvalue weighted by molar-refractivity contribution is 6.35. The van der Waals surface area contributed by atoms with Crippen molar-refractivity contribution >= 4 is 34.6 Å². The van der Waals surface area contributed by atoms with Gasteiger partial charge in [0.25, 0.3) is 5.91 Å². The monoisotopic (exact) mass is 581 g/mol. The van der Waals surface area contributed by atoms with Crippen LogP contribution < -0.4 is 16.9 Å². The van der Waals surface area contributed by atoms with Crippen LogP contribution in [0, 0.1) is 13.8 Å². The van der Waals surface area contributed by atoms with Crippen LogP contribution in [0.4, 0.5) is 5.69 Å². The highest BCUT2D eigenvalue weighted by atomic mass is 35.5. The van der Waals surface area contributed by atoms with Gasteiger partial charge in [-0.15, -0.1) is 5.11 Å². The number of anilines is 1. The van der Waals surface area contributed by atoms with Gasteiger partial charge in [0.15, 0.2) is 5.84 Å². The van der Waals surface area contributed by atoms with Crippen LogP contribution in [0.2, 0.25) is 5.02 Å². The molecule has 1 saturated carbocycles. The molecule has 1 amide bonds. The molecule has 3 aromatic rings. The molecule has 2 aromatic heterocycles. The molecule has 0 bridgehead atoms. The van der Waals surface area contributed by atoms with Crippen LogP contribution >= 0.6 is 11.6 Å². The van der Waals surface area contributed by atoms with Crippen molar-refractivity contribution < 1.29 is 15.0 Å². The second kappa shape index (κ2) is 14.5. The number of azo groups is 1. The van der Waals surface area contributed by atoms with Crippen molar-refractivity contribution in [3.05, 3.63) is 70.4 Å². The fourth-order valence-corrected chi connectivity index (χ4v) is 4.26. The molecule has 0 unspecified atom stereocenters. The number of rotatable bonds is 9. The van der Waals surface area contributed by atoms with Crippen molar-refractivity contribution in [2.24, 2.45) is 26.9 Å². The van der Waals surface area contributed by atoms with E-state index in [1.54, 1.807) is 41.2 Å². The number of aliphatic hydroxyl groups is 2. The van der Waals surface area contributed by atoms with Crippen LogP contribution in [0.25, 0.3) is 16.7 Å². The summed E-state index contributed by atoms with van der Waals surface area (Å²) in [5.74, 6) is 5.20. The number of halogens is 1. The largest absolute Gasteiger partial charge is 0.404 e. The number of amides is 1. The number of pyridine rings is 1. The minimum atomic E-state index is -0.565. The molecule has 7 N–H and O–H groups in total. The maximum absolute atomic E-state index is 13.3. The molecule has 0 radical (unpaired) electrons. The number of aliphatic hydroxyl groups excluding tert-OH is 2. The molecule has 12 nitrogen and oxygen atoms in total. The molecule has 0 atom stereocenters. The van der Waals surface area contributed by atoms with E-state index >= 15 is 0 Å². The zero-order valence-electron chi connectivity index (χ0n) is 23.5. The van der Waals surface area contributed by atoms with Crippen molar-refractivity contribution in [2.75, 3.05) is 18.5 Å². The summed E-state index contributed by atoms with van der Waals surface area (Å²) in [7, 11) is 0. The van der Waals surface area contributed by atoms with E-state index in [-0.39, 0.29) is 30.7 Å². The van der Waals surface area contributed by atoms with Gasteiger partial charge in [0.1, 0.15) is 0 Å². The molecule has 0 spiro atoms. The number of aryl methyl sites for hydroxylation is 1. The first-order valence-corrected chi connectivity index (χ1v) is 13.6. The Bertz CT molecular complexity index is 1460. The summed E-state index contributed by atoms with van der Waals surface area (Å²) in [5.41, 5.74) is 10.1. The third-order valence-electron chi connectivity index (χ3n) is 6.29. The Morgan fingerprint density at radius 2 is 1.93 bits per heavy atom. The van der Waals surface area contributed by atoms with Gasteiger partial charge in [-0.2, -0.15) is 15.3 Å². The Kier molecular flexibility index (Phi) is 11.1. The Labute approximate surface area is 243 Å². The average Bonchev–Trinajstić information content (AvgIpc) is 3.76. The van der Waals surface area contributed by atoms with Gasteiger partial charge < -0.3 is 27.1 Å². The Morgan fingerprint density at radius 3 is 2.54 bits per heavy atom. The van der Waals surface area contributed by atoms with Crippen LogP contribution in [0.15, 0.2) is 58.1 Å². The molecule has 2 heterocycles. The fourth-order valence-electron chi connectivity index (χ4n) is 4.09. The smallest absolute Gasteiger partial charge is 0.259 e. The molecule has 13 heteroatoms. The molecule has 4 rings (SSSR count). The van der Waals surface area contributed by atoms with Gasteiger partial charge in [0.2, 0.25) is 0 Å². The third-order valence-corrected chi connectivity index (χ3v) is 6.62. The van der Waals surface area contributed by atoms with Crippen molar-refractivity contribution in [3.8, 4) is 11.1 Å². The van der Waals surface area contributed by atoms with Crippen LogP contribution in [0.5, 0.6) is 0 Å². The molecule has 218 valence electrons. The zero-order valence-corrected chi connectivity index (χ0v) is 24.3. The van der Waals surface area contributed by atoms with Crippen LogP contribution in [0.3, 0.4) is 0 Å². The number of nitrogens with one attached hydrogen (secondary N) is 1. The van der Waals surface area contributed by atoms with Gasteiger partial charge in [-0.3, -0.25) is 14.5 Å². The number of hydrogen-bond acceptors (Lipinski definition) is 9. The van der Waals surface area contributed by atoms with Crippen molar-refractivity contribution in [1.82, 2.24) is 14.8 Å². The Hall–Kier alpha value is -4.13. The van der Waals surface area contributed by atoms with Crippen LogP contribution in [-0.4, -0.2) is 56.0 Å². The summed E-state index contributed by atoms with van der Waals surface area (Å²) in [6.07, 6.45) is 4.71. The van der Waals surface area contributed by atoms with Crippen molar-refractivity contribution in [3.63, 3.8) is 0 Å². The molecular formula is C28H36ClN9O3.